The Morgan fingerprint density at radius 1 is 1.10 bits per heavy atom. The Hall–Kier alpha value is -3.34. The number of rotatable bonds is 7. The van der Waals surface area contributed by atoms with Crippen molar-refractivity contribution in [3.8, 4) is 0 Å². The van der Waals surface area contributed by atoms with Crippen LogP contribution in [0.3, 0.4) is 0 Å². The molecule has 4 rings (SSSR count). The van der Waals surface area contributed by atoms with Crippen molar-refractivity contribution < 1.29 is 4.79 Å². The van der Waals surface area contributed by atoms with Crippen molar-refractivity contribution in [3.05, 3.63) is 89.4 Å². The maximum Gasteiger partial charge on any atom is 0.221 e. The number of aryl methyl sites for hydroxylation is 3. The average molecular weight is 386 g/mol. The molecule has 0 saturated carbocycles. The first-order valence-corrected chi connectivity index (χ1v) is 10.0. The van der Waals surface area contributed by atoms with Gasteiger partial charge in [-0.3, -0.25) is 9.48 Å². The standard InChI is InChI=1S/C24H26N4O/c1-17-14-18(2)28(27-17)13-12-24(29)26-15-21(19-8-4-3-5-9-19)22-16-25-23-11-7-6-10-20(22)23/h3-11,14,16,21,25H,12-13,15H2,1-2H3,(H,26,29). The molecule has 2 aromatic heterocycles. The monoisotopic (exact) mass is 386 g/mol. The van der Waals surface area contributed by atoms with E-state index in [1.807, 2.05) is 48.9 Å². The van der Waals surface area contributed by atoms with Crippen molar-refractivity contribution >= 4 is 16.8 Å². The molecule has 0 aliphatic rings. The average Bonchev–Trinajstić information content (AvgIpc) is 3.30. The minimum absolute atomic E-state index is 0.0401. The van der Waals surface area contributed by atoms with E-state index in [4.69, 9.17) is 0 Å². The van der Waals surface area contributed by atoms with E-state index in [1.54, 1.807) is 0 Å². The Morgan fingerprint density at radius 2 is 1.86 bits per heavy atom. The first-order valence-electron chi connectivity index (χ1n) is 10.0. The number of amides is 1. The fourth-order valence-corrected chi connectivity index (χ4v) is 3.89. The number of carbonyl (C=O) groups is 1. The van der Waals surface area contributed by atoms with Crippen molar-refractivity contribution in [2.75, 3.05) is 6.54 Å². The Bertz CT molecular complexity index is 1110. The van der Waals surface area contributed by atoms with E-state index >= 15 is 0 Å². The Labute approximate surface area is 170 Å². The molecule has 1 atom stereocenters. The van der Waals surface area contributed by atoms with Crippen molar-refractivity contribution in [1.82, 2.24) is 20.1 Å². The zero-order chi connectivity index (χ0) is 20.2. The molecule has 0 aliphatic heterocycles. The predicted molar refractivity (Wildman–Crippen MR) is 116 cm³/mol. The SMILES string of the molecule is Cc1cc(C)n(CCC(=O)NCC(c2ccccc2)c2c[nH]c3ccccc23)n1. The highest BCUT2D eigenvalue weighted by atomic mass is 16.1. The molecule has 0 spiro atoms. The highest BCUT2D eigenvalue weighted by Gasteiger charge is 2.19. The number of aromatic amines is 1. The number of aromatic nitrogens is 3. The van der Waals surface area contributed by atoms with Crippen LogP contribution in [-0.2, 0) is 11.3 Å². The summed E-state index contributed by atoms with van der Waals surface area (Å²) in [5.41, 5.74) is 5.56. The second kappa shape index (κ2) is 8.35. The summed E-state index contributed by atoms with van der Waals surface area (Å²) in [6.07, 6.45) is 2.47. The Balaban J connectivity index is 1.49. The van der Waals surface area contributed by atoms with Crippen molar-refractivity contribution in [2.24, 2.45) is 0 Å². The molecule has 2 aromatic carbocycles. The molecule has 1 unspecified atom stereocenters. The summed E-state index contributed by atoms with van der Waals surface area (Å²) in [6.45, 7) is 5.13. The first-order chi connectivity index (χ1) is 14.1. The van der Waals surface area contributed by atoms with Crippen LogP contribution in [0.2, 0.25) is 0 Å². The molecule has 1 amide bonds. The topological polar surface area (TPSA) is 62.7 Å². The van der Waals surface area contributed by atoms with Crippen LogP contribution in [0.5, 0.6) is 0 Å². The number of hydrogen-bond acceptors (Lipinski definition) is 2. The van der Waals surface area contributed by atoms with Gasteiger partial charge in [-0.05, 0) is 37.1 Å². The van der Waals surface area contributed by atoms with Gasteiger partial charge in [-0.15, -0.1) is 0 Å². The van der Waals surface area contributed by atoms with Crippen molar-refractivity contribution in [2.45, 2.75) is 32.7 Å². The van der Waals surface area contributed by atoms with Crippen LogP contribution in [0, 0.1) is 13.8 Å². The fraction of sp³-hybridized carbons (Fsp3) is 0.250. The third-order valence-electron chi connectivity index (χ3n) is 5.36. The number of carbonyl (C=O) groups excluding carboxylic acids is 1. The molecule has 0 aliphatic carbocycles. The summed E-state index contributed by atoms with van der Waals surface area (Å²) < 4.78 is 1.89. The molecule has 0 saturated heterocycles. The van der Waals surface area contributed by atoms with E-state index in [9.17, 15) is 4.79 Å². The molecule has 148 valence electrons. The minimum atomic E-state index is 0.0401. The van der Waals surface area contributed by atoms with Crippen LogP contribution < -0.4 is 5.32 Å². The predicted octanol–water partition coefficient (Wildman–Crippen LogP) is 4.32. The lowest BCUT2D eigenvalue weighted by molar-refractivity contribution is -0.121. The summed E-state index contributed by atoms with van der Waals surface area (Å²) >= 11 is 0. The zero-order valence-electron chi connectivity index (χ0n) is 16.9. The number of H-pyrrole nitrogens is 1. The van der Waals surface area contributed by atoms with Gasteiger partial charge in [-0.1, -0.05) is 48.5 Å². The van der Waals surface area contributed by atoms with Gasteiger partial charge in [-0.2, -0.15) is 5.10 Å². The van der Waals surface area contributed by atoms with Crippen molar-refractivity contribution in [1.29, 1.82) is 0 Å². The van der Waals surface area contributed by atoms with Crippen LogP contribution in [0.1, 0.15) is 34.9 Å². The van der Waals surface area contributed by atoms with Crippen LogP contribution >= 0.6 is 0 Å². The third-order valence-corrected chi connectivity index (χ3v) is 5.36. The van der Waals surface area contributed by atoms with E-state index in [0.29, 0.717) is 19.5 Å². The number of fused-ring (bicyclic) bond motifs is 1. The van der Waals surface area contributed by atoms with Gasteiger partial charge in [0, 0.05) is 48.2 Å². The first kappa shape index (κ1) is 19.0. The lowest BCUT2D eigenvalue weighted by atomic mass is 9.91. The summed E-state index contributed by atoms with van der Waals surface area (Å²) in [5.74, 6) is 0.128. The summed E-state index contributed by atoms with van der Waals surface area (Å²) in [7, 11) is 0. The number of hydrogen-bond donors (Lipinski definition) is 2. The summed E-state index contributed by atoms with van der Waals surface area (Å²) in [4.78, 5) is 15.9. The molecule has 0 bridgehead atoms. The lowest BCUT2D eigenvalue weighted by Crippen LogP contribution is -2.29. The van der Waals surface area contributed by atoms with E-state index in [0.717, 1.165) is 16.9 Å². The Morgan fingerprint density at radius 3 is 2.62 bits per heavy atom. The smallest absolute Gasteiger partial charge is 0.221 e. The fourth-order valence-electron chi connectivity index (χ4n) is 3.89. The molecule has 5 heteroatoms. The Kier molecular flexibility index (Phi) is 5.47. The van der Waals surface area contributed by atoms with Gasteiger partial charge < -0.3 is 10.3 Å². The number of nitrogens with one attached hydrogen (secondary N) is 2. The minimum Gasteiger partial charge on any atom is -0.361 e. The second-order valence-corrected chi connectivity index (χ2v) is 7.46. The molecule has 2 heterocycles. The zero-order valence-corrected chi connectivity index (χ0v) is 16.9. The molecular formula is C24H26N4O. The lowest BCUT2D eigenvalue weighted by Gasteiger charge is -2.18. The van der Waals surface area contributed by atoms with Crippen molar-refractivity contribution in [3.63, 3.8) is 0 Å². The van der Waals surface area contributed by atoms with Gasteiger partial charge in [0.1, 0.15) is 0 Å². The molecule has 4 aromatic rings. The van der Waals surface area contributed by atoms with Gasteiger partial charge in [-0.25, -0.2) is 0 Å². The quantitative estimate of drug-likeness (QED) is 0.497. The van der Waals surface area contributed by atoms with Crippen LogP contribution in [0.15, 0.2) is 66.9 Å². The normalized spacial score (nSPS) is 12.2. The highest BCUT2D eigenvalue weighted by molar-refractivity contribution is 5.84. The van der Waals surface area contributed by atoms with Crippen LogP contribution in [-0.4, -0.2) is 27.2 Å². The summed E-state index contributed by atoms with van der Waals surface area (Å²) in [5, 5.41) is 8.76. The largest absolute Gasteiger partial charge is 0.361 e. The molecule has 0 fully saturated rings. The second-order valence-electron chi connectivity index (χ2n) is 7.46. The number of nitrogens with zero attached hydrogens (tertiary/aromatic N) is 2. The van der Waals surface area contributed by atoms with Gasteiger partial charge in [0.2, 0.25) is 5.91 Å². The molecular weight excluding hydrogens is 360 g/mol. The van der Waals surface area contributed by atoms with Gasteiger partial charge >= 0.3 is 0 Å². The molecule has 0 radical (unpaired) electrons. The van der Waals surface area contributed by atoms with Crippen LogP contribution in [0.25, 0.3) is 10.9 Å². The highest BCUT2D eigenvalue weighted by Crippen LogP contribution is 2.30. The molecule has 5 nitrogen and oxygen atoms in total. The van der Waals surface area contributed by atoms with Gasteiger partial charge in [0.05, 0.1) is 5.69 Å². The van der Waals surface area contributed by atoms with Gasteiger partial charge in [0.15, 0.2) is 0 Å². The maximum absolute atomic E-state index is 12.5. The third kappa shape index (κ3) is 4.24. The van der Waals surface area contributed by atoms with Gasteiger partial charge in [0.25, 0.3) is 0 Å². The summed E-state index contributed by atoms with van der Waals surface area (Å²) in [6, 6.07) is 20.7. The van der Waals surface area contributed by atoms with Crippen LogP contribution in [0.4, 0.5) is 0 Å². The molecule has 2 N–H and O–H groups in total. The molecule has 29 heavy (non-hydrogen) atoms. The number of benzene rings is 2. The number of para-hydroxylation sites is 1. The van der Waals surface area contributed by atoms with E-state index in [-0.39, 0.29) is 11.8 Å². The van der Waals surface area contributed by atoms with E-state index in [2.05, 4.69) is 51.9 Å². The van der Waals surface area contributed by atoms with E-state index in [1.165, 1.54) is 16.5 Å². The maximum atomic E-state index is 12.5. The van der Waals surface area contributed by atoms with E-state index < -0.39 is 0 Å².